The number of hydrogen-bond donors (Lipinski definition) is 1. The zero-order valence-corrected chi connectivity index (χ0v) is 13.5. The zero-order chi connectivity index (χ0) is 16.5. The molecule has 0 aromatic carbocycles. The molecule has 4 rings (SSSR count). The van der Waals surface area contributed by atoms with Crippen molar-refractivity contribution in [1.82, 2.24) is 30.0 Å². The average Bonchev–Trinajstić information content (AvgIpc) is 3.14. The molecule has 0 spiro atoms. The molecule has 0 aliphatic carbocycles. The number of anilines is 2. The van der Waals surface area contributed by atoms with Crippen molar-refractivity contribution in [2.75, 3.05) is 37.0 Å². The fourth-order valence-electron chi connectivity index (χ4n) is 2.69. The van der Waals surface area contributed by atoms with E-state index in [2.05, 4.69) is 35.7 Å². The highest BCUT2D eigenvalue weighted by molar-refractivity contribution is 5.47. The first-order valence-corrected chi connectivity index (χ1v) is 7.72. The Kier molecular flexibility index (Phi) is 3.73. The van der Waals surface area contributed by atoms with Crippen LogP contribution in [-0.4, -0.2) is 56.7 Å². The lowest BCUT2D eigenvalue weighted by molar-refractivity contribution is 0.174. The van der Waals surface area contributed by atoms with E-state index >= 15 is 0 Å². The van der Waals surface area contributed by atoms with Crippen LogP contribution >= 0.6 is 0 Å². The van der Waals surface area contributed by atoms with E-state index in [9.17, 15) is 0 Å². The van der Waals surface area contributed by atoms with Gasteiger partial charge in [-0.1, -0.05) is 5.16 Å². The summed E-state index contributed by atoms with van der Waals surface area (Å²) in [5.74, 6) is 2.76. The van der Waals surface area contributed by atoms with Crippen LogP contribution in [0.1, 0.15) is 11.6 Å². The van der Waals surface area contributed by atoms with Crippen LogP contribution in [-0.2, 0) is 11.3 Å². The second-order valence-electron chi connectivity index (χ2n) is 5.81. The monoisotopic (exact) mass is 330 g/mol. The van der Waals surface area contributed by atoms with E-state index in [4.69, 9.17) is 9.26 Å². The number of aryl methyl sites for hydroxylation is 1. The van der Waals surface area contributed by atoms with Crippen molar-refractivity contribution in [1.29, 1.82) is 0 Å². The van der Waals surface area contributed by atoms with Gasteiger partial charge < -0.3 is 19.5 Å². The number of fused-ring (bicyclic) bond motifs is 1. The molecule has 3 aromatic rings. The molecule has 1 saturated heterocycles. The van der Waals surface area contributed by atoms with Gasteiger partial charge in [-0.3, -0.25) is 0 Å². The predicted octanol–water partition coefficient (Wildman–Crippen LogP) is 0.510. The second kappa shape index (κ2) is 6.04. The maximum Gasteiger partial charge on any atom is 0.321 e. The molecule has 4 heterocycles. The zero-order valence-electron chi connectivity index (χ0n) is 13.5. The van der Waals surface area contributed by atoms with E-state index in [0.29, 0.717) is 24.4 Å². The van der Waals surface area contributed by atoms with Crippen molar-refractivity contribution in [2.45, 2.75) is 13.5 Å². The van der Waals surface area contributed by atoms with Gasteiger partial charge in [0.25, 0.3) is 0 Å². The van der Waals surface area contributed by atoms with Crippen LogP contribution in [0.2, 0.25) is 0 Å². The average molecular weight is 330 g/mol. The number of nitrogens with one attached hydrogen (secondary N) is 1. The minimum absolute atomic E-state index is 0.346. The molecule has 1 aliphatic heterocycles. The molecule has 1 fully saturated rings. The van der Waals surface area contributed by atoms with Gasteiger partial charge in [-0.25, -0.2) is 0 Å². The van der Waals surface area contributed by atoms with E-state index in [1.54, 1.807) is 11.6 Å². The molecule has 1 N–H and O–H groups in total. The standard InChI is InChI=1S/C14H18N8O2/c1-9-17-18-12-3-4-13(19-22(9)12)21-6-10(7-21)5-15-14-16-11(8-23-2)20-24-14/h3-4,10H,5-8H2,1-2H3,(H,15,16,20). The van der Waals surface area contributed by atoms with Crippen molar-refractivity contribution in [3.8, 4) is 0 Å². The van der Waals surface area contributed by atoms with Gasteiger partial charge in [0.2, 0.25) is 0 Å². The first-order valence-electron chi connectivity index (χ1n) is 7.72. The molecule has 3 aromatic heterocycles. The first-order chi connectivity index (χ1) is 11.7. The van der Waals surface area contributed by atoms with Gasteiger partial charge in [0.05, 0.1) is 0 Å². The lowest BCUT2D eigenvalue weighted by Gasteiger charge is -2.39. The molecule has 0 unspecified atom stereocenters. The molecule has 0 atom stereocenters. The predicted molar refractivity (Wildman–Crippen MR) is 84.7 cm³/mol. The quantitative estimate of drug-likeness (QED) is 0.691. The third-order valence-electron chi connectivity index (χ3n) is 3.97. The van der Waals surface area contributed by atoms with Gasteiger partial charge in [0, 0.05) is 32.7 Å². The summed E-state index contributed by atoms with van der Waals surface area (Å²) in [4.78, 5) is 6.41. The van der Waals surface area contributed by atoms with Gasteiger partial charge in [-0.2, -0.15) is 9.50 Å². The number of methoxy groups -OCH3 is 1. The van der Waals surface area contributed by atoms with Crippen molar-refractivity contribution in [3.05, 3.63) is 23.8 Å². The summed E-state index contributed by atoms with van der Waals surface area (Å²) in [5.41, 5.74) is 0.762. The number of nitrogens with zero attached hydrogens (tertiary/aromatic N) is 7. The van der Waals surface area contributed by atoms with E-state index in [-0.39, 0.29) is 0 Å². The number of hydrogen-bond acceptors (Lipinski definition) is 9. The Morgan fingerprint density at radius 3 is 3.04 bits per heavy atom. The largest absolute Gasteiger partial charge is 0.377 e. The highest BCUT2D eigenvalue weighted by Gasteiger charge is 2.28. The van der Waals surface area contributed by atoms with Gasteiger partial charge >= 0.3 is 6.01 Å². The summed E-state index contributed by atoms with van der Waals surface area (Å²) in [6.45, 7) is 4.86. The maximum atomic E-state index is 5.10. The highest BCUT2D eigenvalue weighted by Crippen LogP contribution is 2.23. The second-order valence-corrected chi connectivity index (χ2v) is 5.81. The van der Waals surface area contributed by atoms with E-state index < -0.39 is 0 Å². The SMILES string of the molecule is COCc1noc(NCC2CN(c3ccc4nnc(C)n4n3)C2)n1. The molecule has 0 bridgehead atoms. The minimum Gasteiger partial charge on any atom is -0.377 e. The lowest BCUT2D eigenvalue weighted by atomic mass is 10.0. The van der Waals surface area contributed by atoms with E-state index in [1.807, 2.05) is 19.1 Å². The summed E-state index contributed by atoms with van der Waals surface area (Å²) in [6, 6.07) is 4.34. The Bertz CT molecular complexity index is 838. The van der Waals surface area contributed by atoms with Crippen LogP contribution in [0, 0.1) is 12.8 Å². The Morgan fingerprint density at radius 2 is 2.21 bits per heavy atom. The number of rotatable bonds is 6. The van der Waals surface area contributed by atoms with Crippen molar-refractivity contribution >= 4 is 17.5 Å². The highest BCUT2D eigenvalue weighted by atomic mass is 16.5. The maximum absolute atomic E-state index is 5.10. The van der Waals surface area contributed by atoms with Crippen LogP contribution in [0.3, 0.4) is 0 Å². The fraction of sp³-hybridized carbons (Fsp3) is 0.500. The van der Waals surface area contributed by atoms with Crippen LogP contribution in [0.4, 0.5) is 11.8 Å². The van der Waals surface area contributed by atoms with E-state index in [0.717, 1.165) is 36.9 Å². The third-order valence-corrected chi connectivity index (χ3v) is 3.97. The Labute approximate surface area is 137 Å². The van der Waals surface area contributed by atoms with Crippen LogP contribution < -0.4 is 10.2 Å². The number of ether oxygens (including phenoxy) is 1. The number of aromatic nitrogens is 6. The molecule has 1 aliphatic rings. The summed E-state index contributed by atoms with van der Waals surface area (Å²) in [5, 5.41) is 19.6. The molecule has 24 heavy (non-hydrogen) atoms. The Morgan fingerprint density at radius 1 is 1.33 bits per heavy atom. The van der Waals surface area contributed by atoms with Gasteiger partial charge in [0.1, 0.15) is 12.4 Å². The smallest absolute Gasteiger partial charge is 0.321 e. The molecule has 0 saturated carbocycles. The van der Waals surface area contributed by atoms with Crippen LogP contribution in [0.5, 0.6) is 0 Å². The molecule has 0 amide bonds. The van der Waals surface area contributed by atoms with Crippen LogP contribution in [0.15, 0.2) is 16.7 Å². The minimum atomic E-state index is 0.346. The summed E-state index contributed by atoms with van der Waals surface area (Å²) in [6.07, 6.45) is 0. The van der Waals surface area contributed by atoms with Gasteiger partial charge in [-0.15, -0.1) is 15.3 Å². The molecular formula is C14H18N8O2. The topological polar surface area (TPSA) is 106 Å². The van der Waals surface area contributed by atoms with Crippen molar-refractivity contribution in [3.63, 3.8) is 0 Å². The van der Waals surface area contributed by atoms with Crippen LogP contribution in [0.25, 0.3) is 5.65 Å². The third kappa shape index (κ3) is 2.75. The summed E-state index contributed by atoms with van der Waals surface area (Å²) in [7, 11) is 1.60. The first kappa shape index (κ1) is 14.8. The van der Waals surface area contributed by atoms with Gasteiger partial charge in [-0.05, 0) is 19.1 Å². The molecular weight excluding hydrogens is 312 g/mol. The van der Waals surface area contributed by atoms with Crippen molar-refractivity contribution in [2.24, 2.45) is 5.92 Å². The molecule has 10 heteroatoms. The van der Waals surface area contributed by atoms with Gasteiger partial charge in [0.15, 0.2) is 17.3 Å². The Balaban J connectivity index is 1.31. The molecule has 0 radical (unpaired) electrons. The summed E-state index contributed by atoms with van der Waals surface area (Å²) < 4.78 is 11.8. The molecule has 10 nitrogen and oxygen atoms in total. The molecule has 126 valence electrons. The summed E-state index contributed by atoms with van der Waals surface area (Å²) >= 11 is 0. The Hall–Kier alpha value is -2.75. The fourth-order valence-corrected chi connectivity index (χ4v) is 2.69. The normalized spacial score (nSPS) is 15.0. The van der Waals surface area contributed by atoms with E-state index in [1.165, 1.54) is 0 Å². The lowest BCUT2D eigenvalue weighted by Crippen LogP contribution is -2.50. The van der Waals surface area contributed by atoms with Crippen molar-refractivity contribution < 1.29 is 9.26 Å².